The molecule has 0 spiro atoms. The van der Waals surface area contributed by atoms with Gasteiger partial charge >= 0.3 is 5.69 Å². The highest BCUT2D eigenvalue weighted by molar-refractivity contribution is 5.78. The smallest absolute Gasteiger partial charge is 0.288 e. The fraction of sp³-hybridized carbons (Fsp3) is 0.130. The summed E-state index contributed by atoms with van der Waals surface area (Å²) in [6.45, 7) is 4.32. The van der Waals surface area contributed by atoms with E-state index >= 15 is 0 Å². The van der Waals surface area contributed by atoms with Gasteiger partial charge in [-0.05, 0) is 43.2 Å². The number of hydrogen-bond acceptors (Lipinski definition) is 2. The highest BCUT2D eigenvalue weighted by atomic mass is 16.2. The van der Waals surface area contributed by atoms with Gasteiger partial charge in [0.25, 0.3) is 5.56 Å². The Hall–Kier alpha value is -3.40. The van der Waals surface area contributed by atoms with Gasteiger partial charge in [-0.25, -0.2) is 9.36 Å². The molecule has 0 radical (unpaired) electrons. The Morgan fingerprint density at radius 1 is 0.815 bits per heavy atom. The highest BCUT2D eigenvalue weighted by Gasteiger charge is 2.15. The Bertz CT molecular complexity index is 1250. The van der Waals surface area contributed by atoms with Crippen molar-refractivity contribution in [3.8, 4) is 5.69 Å². The lowest BCUT2D eigenvalue weighted by molar-refractivity contribution is 0.713. The monoisotopic (exact) mass is 356 g/mol. The molecular formula is C23H20N2O2. The van der Waals surface area contributed by atoms with Crippen molar-refractivity contribution in [2.24, 2.45) is 0 Å². The van der Waals surface area contributed by atoms with Gasteiger partial charge in [-0.1, -0.05) is 60.2 Å². The third-order valence-corrected chi connectivity index (χ3v) is 4.83. The molecule has 0 saturated heterocycles. The van der Waals surface area contributed by atoms with E-state index in [0.717, 1.165) is 16.7 Å². The van der Waals surface area contributed by atoms with Crippen LogP contribution in [-0.4, -0.2) is 9.13 Å². The fourth-order valence-corrected chi connectivity index (χ4v) is 3.51. The first-order valence-corrected chi connectivity index (χ1v) is 8.92. The third-order valence-electron chi connectivity index (χ3n) is 4.83. The number of benzene rings is 3. The highest BCUT2D eigenvalue weighted by Crippen LogP contribution is 2.15. The van der Waals surface area contributed by atoms with Crippen LogP contribution < -0.4 is 11.2 Å². The summed E-state index contributed by atoms with van der Waals surface area (Å²) < 4.78 is 2.96. The minimum absolute atomic E-state index is 0.285. The Kier molecular flexibility index (Phi) is 4.24. The van der Waals surface area contributed by atoms with E-state index in [0.29, 0.717) is 23.1 Å². The lowest BCUT2D eigenvalue weighted by Gasteiger charge is -2.16. The van der Waals surface area contributed by atoms with Crippen molar-refractivity contribution in [1.82, 2.24) is 9.13 Å². The van der Waals surface area contributed by atoms with Crippen LogP contribution in [-0.2, 0) is 6.54 Å². The molecule has 4 nitrogen and oxygen atoms in total. The predicted octanol–water partition coefficient (Wildman–Crippen LogP) is 3.82. The molecule has 0 aliphatic rings. The average molecular weight is 356 g/mol. The molecule has 0 saturated carbocycles. The number of aryl methyl sites for hydroxylation is 2. The van der Waals surface area contributed by atoms with Gasteiger partial charge in [0.2, 0.25) is 0 Å². The zero-order valence-corrected chi connectivity index (χ0v) is 15.3. The number of nitrogens with zero attached hydrogens (tertiary/aromatic N) is 2. The first-order valence-electron chi connectivity index (χ1n) is 8.92. The summed E-state index contributed by atoms with van der Waals surface area (Å²) in [4.78, 5) is 26.5. The number of aromatic nitrogens is 2. The van der Waals surface area contributed by atoms with Gasteiger partial charge in [0, 0.05) is 0 Å². The summed E-state index contributed by atoms with van der Waals surface area (Å²) in [5.41, 5.74) is 3.67. The number of rotatable bonds is 3. The summed E-state index contributed by atoms with van der Waals surface area (Å²) >= 11 is 0. The predicted molar refractivity (Wildman–Crippen MR) is 109 cm³/mol. The Morgan fingerprint density at radius 3 is 2.26 bits per heavy atom. The maximum absolute atomic E-state index is 13.4. The molecule has 134 valence electrons. The van der Waals surface area contributed by atoms with Crippen LogP contribution >= 0.6 is 0 Å². The lowest BCUT2D eigenvalue weighted by atomic mass is 10.1. The normalized spacial score (nSPS) is 11.0. The van der Waals surface area contributed by atoms with Gasteiger partial charge in [-0.15, -0.1) is 0 Å². The SMILES string of the molecule is Cc1ccc(-n2c(=O)c3ccccc3n(Cc3ccccc3)c2=O)c(C)c1. The second-order valence-electron chi connectivity index (χ2n) is 6.80. The quantitative estimate of drug-likeness (QED) is 0.560. The molecule has 0 aliphatic carbocycles. The molecule has 0 amide bonds. The minimum atomic E-state index is -0.325. The molecule has 0 aliphatic heterocycles. The van der Waals surface area contributed by atoms with E-state index < -0.39 is 0 Å². The summed E-state index contributed by atoms with van der Waals surface area (Å²) in [7, 11) is 0. The van der Waals surface area contributed by atoms with E-state index in [9.17, 15) is 9.59 Å². The zero-order valence-electron chi connectivity index (χ0n) is 15.3. The number of hydrogen-bond donors (Lipinski definition) is 0. The second kappa shape index (κ2) is 6.72. The minimum Gasteiger partial charge on any atom is -0.288 e. The van der Waals surface area contributed by atoms with Gasteiger partial charge in [-0.2, -0.15) is 0 Å². The Balaban J connectivity index is 2.06. The molecule has 3 aromatic carbocycles. The standard InChI is InChI=1S/C23H20N2O2/c1-16-12-13-20(17(2)14-16)25-22(26)19-10-6-7-11-21(19)24(23(25)27)15-18-8-4-3-5-9-18/h3-14H,15H2,1-2H3. The zero-order chi connectivity index (χ0) is 19.0. The number of fused-ring (bicyclic) bond motifs is 1. The van der Waals surface area contributed by atoms with Crippen molar-refractivity contribution in [2.45, 2.75) is 20.4 Å². The van der Waals surface area contributed by atoms with E-state index in [1.54, 1.807) is 10.6 Å². The van der Waals surface area contributed by atoms with Crippen LogP contribution in [0.2, 0.25) is 0 Å². The Morgan fingerprint density at radius 2 is 1.52 bits per heavy atom. The van der Waals surface area contributed by atoms with Crippen LogP contribution in [0.4, 0.5) is 0 Å². The third kappa shape index (κ3) is 2.99. The van der Waals surface area contributed by atoms with Crippen molar-refractivity contribution in [3.05, 3.63) is 110 Å². The van der Waals surface area contributed by atoms with E-state index in [4.69, 9.17) is 0 Å². The molecule has 0 bridgehead atoms. The average Bonchev–Trinajstić information content (AvgIpc) is 2.68. The largest absolute Gasteiger partial charge is 0.336 e. The molecule has 27 heavy (non-hydrogen) atoms. The fourth-order valence-electron chi connectivity index (χ4n) is 3.51. The molecule has 0 fully saturated rings. The maximum Gasteiger partial charge on any atom is 0.336 e. The Labute approximate surface area is 157 Å². The van der Waals surface area contributed by atoms with Crippen molar-refractivity contribution in [2.75, 3.05) is 0 Å². The molecule has 0 atom stereocenters. The first-order chi connectivity index (χ1) is 13.1. The molecule has 4 aromatic rings. The van der Waals surface area contributed by atoms with E-state index in [-0.39, 0.29) is 11.2 Å². The molecule has 1 aromatic heterocycles. The van der Waals surface area contributed by atoms with E-state index in [1.165, 1.54) is 4.57 Å². The molecule has 0 unspecified atom stereocenters. The van der Waals surface area contributed by atoms with Gasteiger partial charge in [0.05, 0.1) is 23.1 Å². The summed E-state index contributed by atoms with van der Waals surface area (Å²) in [6.07, 6.45) is 0. The van der Waals surface area contributed by atoms with E-state index in [2.05, 4.69) is 0 Å². The van der Waals surface area contributed by atoms with Crippen LogP contribution in [0.1, 0.15) is 16.7 Å². The van der Waals surface area contributed by atoms with Crippen molar-refractivity contribution < 1.29 is 0 Å². The molecular weight excluding hydrogens is 336 g/mol. The van der Waals surface area contributed by atoms with Gasteiger partial charge in [0.1, 0.15) is 0 Å². The van der Waals surface area contributed by atoms with Crippen LogP contribution in [0.5, 0.6) is 0 Å². The molecule has 4 heteroatoms. The second-order valence-corrected chi connectivity index (χ2v) is 6.80. The summed E-state index contributed by atoms with van der Waals surface area (Å²) in [5.74, 6) is 0. The van der Waals surface area contributed by atoms with Crippen molar-refractivity contribution in [1.29, 1.82) is 0 Å². The summed E-state index contributed by atoms with van der Waals surface area (Å²) in [5, 5.41) is 0.535. The first kappa shape index (κ1) is 17.0. The lowest BCUT2D eigenvalue weighted by Crippen LogP contribution is -2.39. The molecule has 0 N–H and O–H groups in total. The molecule has 1 heterocycles. The van der Waals surface area contributed by atoms with Crippen LogP contribution in [0.15, 0.2) is 82.4 Å². The van der Waals surface area contributed by atoms with E-state index in [1.807, 2.05) is 80.6 Å². The van der Waals surface area contributed by atoms with Gasteiger partial charge in [-0.3, -0.25) is 9.36 Å². The van der Waals surface area contributed by atoms with Gasteiger partial charge < -0.3 is 0 Å². The van der Waals surface area contributed by atoms with Gasteiger partial charge in [0.15, 0.2) is 0 Å². The number of para-hydroxylation sites is 1. The maximum atomic E-state index is 13.4. The van der Waals surface area contributed by atoms with Crippen LogP contribution in [0.3, 0.4) is 0 Å². The van der Waals surface area contributed by atoms with Crippen molar-refractivity contribution >= 4 is 10.9 Å². The summed E-state index contributed by atoms with van der Waals surface area (Å²) in [6, 6.07) is 22.8. The topological polar surface area (TPSA) is 44.0 Å². The molecule has 4 rings (SSSR count). The van der Waals surface area contributed by atoms with Crippen molar-refractivity contribution in [3.63, 3.8) is 0 Å². The van der Waals surface area contributed by atoms with Crippen LogP contribution in [0.25, 0.3) is 16.6 Å². The van der Waals surface area contributed by atoms with Crippen LogP contribution in [0, 0.1) is 13.8 Å².